The summed E-state index contributed by atoms with van der Waals surface area (Å²) in [6, 6.07) is 4.11. The molecule has 0 aliphatic rings. The second-order valence-electron chi connectivity index (χ2n) is 6.11. The molecular formula is C18H27ClN2O2. The van der Waals surface area contributed by atoms with Gasteiger partial charge in [0.2, 0.25) is 5.91 Å². The van der Waals surface area contributed by atoms with Crippen LogP contribution in [0.5, 0.6) is 0 Å². The standard InChI is InChI=1S/C18H26N2O2.ClH/c1-5-18(6-2,11-19)20-17(21)9-14-10-22-16-8-13(4)12(3)7-15(14)16;/h7-8,10H,5-6,9,11,19H2,1-4H3,(H,20,21);1H. The fourth-order valence-corrected chi connectivity index (χ4v) is 2.75. The largest absolute Gasteiger partial charge is 0.464 e. The number of rotatable bonds is 6. The third kappa shape index (κ3) is 4.06. The molecule has 0 bridgehead atoms. The first-order valence-electron chi connectivity index (χ1n) is 7.93. The smallest absolute Gasteiger partial charge is 0.225 e. The fourth-order valence-electron chi connectivity index (χ4n) is 2.75. The average Bonchev–Trinajstić information content (AvgIpc) is 2.87. The molecule has 0 unspecified atom stereocenters. The molecule has 0 saturated carbocycles. The van der Waals surface area contributed by atoms with Crippen molar-refractivity contribution in [3.63, 3.8) is 0 Å². The van der Waals surface area contributed by atoms with Crippen molar-refractivity contribution in [2.24, 2.45) is 5.73 Å². The summed E-state index contributed by atoms with van der Waals surface area (Å²) in [7, 11) is 0. The van der Waals surface area contributed by atoms with Crippen LogP contribution in [0.3, 0.4) is 0 Å². The second kappa shape index (κ2) is 7.84. The van der Waals surface area contributed by atoms with Crippen LogP contribution in [0, 0.1) is 13.8 Å². The number of furan rings is 1. The Morgan fingerprint density at radius 2 is 1.83 bits per heavy atom. The molecule has 0 fully saturated rings. The van der Waals surface area contributed by atoms with E-state index in [0.717, 1.165) is 29.4 Å². The molecule has 1 amide bonds. The zero-order valence-corrected chi connectivity index (χ0v) is 15.2. The lowest BCUT2D eigenvalue weighted by atomic mass is 9.92. The van der Waals surface area contributed by atoms with Gasteiger partial charge in [0.1, 0.15) is 5.58 Å². The van der Waals surface area contributed by atoms with E-state index in [0.29, 0.717) is 13.0 Å². The highest BCUT2D eigenvalue weighted by Crippen LogP contribution is 2.25. The number of hydrogen-bond donors (Lipinski definition) is 2. The maximum atomic E-state index is 12.4. The van der Waals surface area contributed by atoms with Crippen LogP contribution in [0.25, 0.3) is 11.0 Å². The highest BCUT2D eigenvalue weighted by atomic mass is 35.5. The van der Waals surface area contributed by atoms with Crippen LogP contribution in [-0.2, 0) is 11.2 Å². The van der Waals surface area contributed by atoms with Crippen LogP contribution >= 0.6 is 12.4 Å². The quantitative estimate of drug-likeness (QED) is 0.844. The van der Waals surface area contributed by atoms with Crippen LogP contribution in [0.4, 0.5) is 0 Å². The minimum atomic E-state index is -0.302. The van der Waals surface area contributed by atoms with Crippen LogP contribution in [-0.4, -0.2) is 18.0 Å². The Kier molecular flexibility index (Phi) is 6.66. The van der Waals surface area contributed by atoms with Gasteiger partial charge in [-0.2, -0.15) is 0 Å². The molecule has 0 aliphatic heterocycles. The Hall–Kier alpha value is -1.52. The number of benzene rings is 1. The molecule has 5 heteroatoms. The summed E-state index contributed by atoms with van der Waals surface area (Å²) >= 11 is 0. The molecule has 4 nitrogen and oxygen atoms in total. The van der Waals surface area contributed by atoms with Gasteiger partial charge in [-0.25, -0.2) is 0 Å². The summed E-state index contributed by atoms with van der Waals surface area (Å²) < 4.78 is 5.59. The average molecular weight is 339 g/mol. The Labute approximate surface area is 144 Å². The zero-order valence-electron chi connectivity index (χ0n) is 14.4. The molecule has 3 N–H and O–H groups in total. The first-order chi connectivity index (χ1) is 10.4. The van der Waals surface area contributed by atoms with Gasteiger partial charge in [0.05, 0.1) is 18.2 Å². The Bertz CT molecular complexity index is 667. The summed E-state index contributed by atoms with van der Waals surface area (Å²) in [6.45, 7) is 8.68. The van der Waals surface area contributed by atoms with Gasteiger partial charge < -0.3 is 15.5 Å². The zero-order chi connectivity index (χ0) is 16.3. The summed E-state index contributed by atoms with van der Waals surface area (Å²) in [4.78, 5) is 12.4. The summed E-state index contributed by atoms with van der Waals surface area (Å²) in [5.41, 5.74) is 9.70. The molecule has 23 heavy (non-hydrogen) atoms. The van der Waals surface area contributed by atoms with Gasteiger partial charge in [-0.15, -0.1) is 12.4 Å². The van der Waals surface area contributed by atoms with Gasteiger partial charge in [0.15, 0.2) is 0 Å². The van der Waals surface area contributed by atoms with Gasteiger partial charge in [-0.05, 0) is 49.9 Å². The third-order valence-corrected chi connectivity index (χ3v) is 4.77. The van der Waals surface area contributed by atoms with Crippen LogP contribution in [0.2, 0.25) is 0 Å². The van der Waals surface area contributed by atoms with Crippen LogP contribution in [0.1, 0.15) is 43.4 Å². The maximum absolute atomic E-state index is 12.4. The number of fused-ring (bicyclic) bond motifs is 1. The van der Waals surface area contributed by atoms with Gasteiger partial charge in [-0.1, -0.05) is 13.8 Å². The minimum Gasteiger partial charge on any atom is -0.464 e. The highest BCUT2D eigenvalue weighted by Gasteiger charge is 2.26. The number of nitrogens with two attached hydrogens (primary N) is 1. The molecule has 0 saturated heterocycles. The van der Waals surface area contributed by atoms with Crippen molar-refractivity contribution in [1.82, 2.24) is 5.32 Å². The lowest BCUT2D eigenvalue weighted by molar-refractivity contribution is -0.122. The Balaban J connectivity index is 0.00000264. The van der Waals surface area contributed by atoms with E-state index in [1.54, 1.807) is 6.26 Å². The molecule has 0 atom stereocenters. The van der Waals surface area contributed by atoms with Crippen LogP contribution in [0.15, 0.2) is 22.8 Å². The predicted molar refractivity (Wildman–Crippen MR) is 97.2 cm³/mol. The Morgan fingerprint density at radius 1 is 1.22 bits per heavy atom. The molecule has 2 rings (SSSR count). The van der Waals surface area contributed by atoms with Crippen molar-refractivity contribution >= 4 is 29.3 Å². The number of amides is 1. The second-order valence-corrected chi connectivity index (χ2v) is 6.11. The molecule has 0 radical (unpaired) electrons. The molecule has 128 valence electrons. The normalized spacial score (nSPS) is 11.3. The van der Waals surface area contributed by atoms with E-state index in [2.05, 4.69) is 39.1 Å². The number of carbonyl (C=O) groups excluding carboxylic acids is 1. The highest BCUT2D eigenvalue weighted by molar-refractivity contribution is 5.88. The number of hydrogen-bond acceptors (Lipinski definition) is 3. The number of nitrogens with one attached hydrogen (secondary N) is 1. The third-order valence-electron chi connectivity index (χ3n) is 4.77. The number of carbonyl (C=O) groups is 1. The minimum absolute atomic E-state index is 0. The topological polar surface area (TPSA) is 68.3 Å². The summed E-state index contributed by atoms with van der Waals surface area (Å²) in [5.74, 6) is -0.00456. The molecule has 1 aromatic heterocycles. The maximum Gasteiger partial charge on any atom is 0.225 e. The fraction of sp³-hybridized carbons (Fsp3) is 0.500. The first-order valence-corrected chi connectivity index (χ1v) is 7.93. The van der Waals surface area contributed by atoms with Crippen LogP contribution < -0.4 is 11.1 Å². The summed E-state index contributed by atoms with van der Waals surface area (Å²) in [6.07, 6.45) is 3.66. The van der Waals surface area contributed by atoms with Crippen molar-refractivity contribution in [1.29, 1.82) is 0 Å². The van der Waals surface area contributed by atoms with Gasteiger partial charge >= 0.3 is 0 Å². The van der Waals surface area contributed by atoms with Crippen molar-refractivity contribution in [2.75, 3.05) is 6.54 Å². The van der Waals surface area contributed by atoms with E-state index < -0.39 is 0 Å². The first kappa shape index (κ1) is 19.5. The SMILES string of the molecule is CCC(CC)(CN)NC(=O)Cc1coc2cc(C)c(C)cc12.Cl. The van der Waals surface area contributed by atoms with E-state index in [-0.39, 0.29) is 23.9 Å². The van der Waals surface area contributed by atoms with Gasteiger partial charge in [-0.3, -0.25) is 4.79 Å². The van der Waals surface area contributed by atoms with Crippen molar-refractivity contribution < 1.29 is 9.21 Å². The van der Waals surface area contributed by atoms with E-state index in [1.807, 2.05) is 6.07 Å². The van der Waals surface area contributed by atoms with Crippen molar-refractivity contribution in [3.05, 3.63) is 35.1 Å². The van der Waals surface area contributed by atoms with Crippen molar-refractivity contribution in [2.45, 2.75) is 52.5 Å². The molecule has 0 spiro atoms. The Morgan fingerprint density at radius 3 is 2.39 bits per heavy atom. The van der Waals surface area contributed by atoms with Crippen molar-refractivity contribution in [3.8, 4) is 0 Å². The molecule has 1 aromatic carbocycles. The predicted octanol–water partition coefficient (Wildman–Crippen LogP) is 3.65. The lowest BCUT2D eigenvalue weighted by Gasteiger charge is -2.31. The van der Waals surface area contributed by atoms with Gasteiger partial charge in [0, 0.05) is 17.5 Å². The number of halogens is 1. The van der Waals surface area contributed by atoms with E-state index in [9.17, 15) is 4.79 Å². The van der Waals surface area contributed by atoms with E-state index in [4.69, 9.17) is 10.2 Å². The molecular weight excluding hydrogens is 312 g/mol. The molecule has 2 aromatic rings. The monoisotopic (exact) mass is 338 g/mol. The summed E-state index contributed by atoms with van der Waals surface area (Å²) in [5, 5.41) is 4.12. The number of aryl methyl sites for hydroxylation is 2. The lowest BCUT2D eigenvalue weighted by Crippen LogP contribution is -2.53. The van der Waals surface area contributed by atoms with E-state index in [1.165, 1.54) is 11.1 Å². The molecule has 0 aliphatic carbocycles. The van der Waals surface area contributed by atoms with E-state index >= 15 is 0 Å². The van der Waals surface area contributed by atoms with Gasteiger partial charge in [0.25, 0.3) is 0 Å². The molecule has 1 heterocycles.